The summed E-state index contributed by atoms with van der Waals surface area (Å²) in [6.45, 7) is -0.350. The maximum Gasteiger partial charge on any atom is 0.331 e. The number of hydrogen-bond donors (Lipinski definition) is 0. The standard InChI is InChI=1S/C27H21N3O4/c31-23(13-30-26(32)24-16-9-10-17(19-11-18(16)19)25(24)27(30)33)34-15-7-5-14(6-8-15)22-12-28-20-3-1-2-4-21(20)29-22/h1-10,12,16-19,24-25H,11,13H2. The maximum atomic E-state index is 13.0. The molecule has 2 saturated carbocycles. The van der Waals surface area contributed by atoms with Gasteiger partial charge in [-0.15, -0.1) is 0 Å². The van der Waals surface area contributed by atoms with Crippen molar-refractivity contribution < 1.29 is 19.1 Å². The quantitative estimate of drug-likeness (QED) is 0.262. The Balaban J connectivity index is 1.04. The van der Waals surface area contributed by atoms with Gasteiger partial charge < -0.3 is 4.74 Å². The summed E-state index contributed by atoms with van der Waals surface area (Å²) in [5.74, 6) is 0.0282. The van der Waals surface area contributed by atoms with Crippen molar-refractivity contribution >= 4 is 28.8 Å². The molecule has 2 bridgehead atoms. The summed E-state index contributed by atoms with van der Waals surface area (Å²) in [5.41, 5.74) is 3.18. The Kier molecular flexibility index (Phi) is 4.07. The van der Waals surface area contributed by atoms with Crippen molar-refractivity contribution in [1.29, 1.82) is 0 Å². The number of ether oxygens (including phenoxy) is 1. The second-order valence-electron chi connectivity index (χ2n) is 9.66. The molecule has 1 saturated heterocycles. The molecule has 7 nitrogen and oxygen atoms in total. The Bertz CT molecular complexity index is 1360. The number of amides is 2. The number of benzene rings is 2. The van der Waals surface area contributed by atoms with Gasteiger partial charge >= 0.3 is 5.97 Å². The molecule has 2 heterocycles. The Labute approximate surface area is 195 Å². The number of esters is 1. The molecule has 3 fully saturated rings. The Hall–Kier alpha value is -3.87. The molecule has 1 aliphatic heterocycles. The fourth-order valence-corrected chi connectivity index (χ4v) is 6.26. The second kappa shape index (κ2) is 7.06. The van der Waals surface area contributed by atoms with Gasteiger partial charge in [-0.25, -0.2) is 9.78 Å². The molecule has 6 atom stereocenters. The molecule has 6 unspecified atom stereocenters. The first kappa shape index (κ1) is 19.6. The largest absolute Gasteiger partial charge is 0.425 e. The van der Waals surface area contributed by atoms with Crippen LogP contribution in [0.1, 0.15) is 6.42 Å². The van der Waals surface area contributed by atoms with E-state index in [1.807, 2.05) is 24.3 Å². The molecule has 3 aromatic rings. The topological polar surface area (TPSA) is 89.5 Å². The van der Waals surface area contributed by atoms with Crippen LogP contribution in [0, 0.1) is 35.5 Å². The van der Waals surface area contributed by atoms with Crippen LogP contribution in [0.3, 0.4) is 0 Å². The predicted molar refractivity (Wildman–Crippen MR) is 122 cm³/mol. The van der Waals surface area contributed by atoms with Gasteiger partial charge in [0.15, 0.2) is 0 Å². The first-order valence-corrected chi connectivity index (χ1v) is 11.6. The fraction of sp³-hybridized carbons (Fsp3) is 0.296. The first-order valence-electron chi connectivity index (χ1n) is 11.6. The summed E-state index contributed by atoms with van der Waals surface area (Å²) in [5, 5.41) is 0. The van der Waals surface area contributed by atoms with Crippen molar-refractivity contribution in [3.63, 3.8) is 0 Å². The average molecular weight is 451 g/mol. The van der Waals surface area contributed by atoms with Crippen LogP contribution in [-0.4, -0.2) is 39.2 Å². The molecule has 168 valence electrons. The molecule has 7 heteroatoms. The van der Waals surface area contributed by atoms with Crippen LogP contribution >= 0.6 is 0 Å². The van der Waals surface area contributed by atoms with Gasteiger partial charge in [0, 0.05) is 5.56 Å². The zero-order valence-electron chi connectivity index (χ0n) is 18.2. The van der Waals surface area contributed by atoms with E-state index in [1.54, 1.807) is 30.5 Å². The SMILES string of the molecule is O=C(CN1C(=O)C2C3C=CC(C4CC34)C2C1=O)Oc1ccc(-c2cnc3ccccc3n2)cc1. The van der Waals surface area contributed by atoms with E-state index in [0.29, 0.717) is 23.3 Å². The van der Waals surface area contributed by atoms with Crippen molar-refractivity contribution in [1.82, 2.24) is 14.9 Å². The lowest BCUT2D eigenvalue weighted by Gasteiger charge is -2.37. The highest BCUT2D eigenvalue weighted by Gasteiger charge is 2.67. The van der Waals surface area contributed by atoms with Crippen LogP contribution in [0.2, 0.25) is 0 Å². The van der Waals surface area contributed by atoms with Crippen molar-refractivity contribution in [2.75, 3.05) is 6.54 Å². The van der Waals surface area contributed by atoms with Gasteiger partial charge in [0.2, 0.25) is 11.8 Å². The summed E-state index contributed by atoms with van der Waals surface area (Å²) in [6, 6.07) is 14.6. The summed E-state index contributed by atoms with van der Waals surface area (Å²) in [6.07, 6.45) is 7.06. The molecule has 2 amide bonds. The van der Waals surface area contributed by atoms with Crippen LogP contribution in [0.5, 0.6) is 5.75 Å². The van der Waals surface area contributed by atoms with E-state index in [4.69, 9.17) is 4.74 Å². The number of rotatable bonds is 4. The van der Waals surface area contributed by atoms with Crippen molar-refractivity contribution in [2.45, 2.75) is 6.42 Å². The van der Waals surface area contributed by atoms with Crippen LogP contribution in [0.25, 0.3) is 22.3 Å². The highest BCUT2D eigenvalue weighted by Crippen LogP contribution is 2.65. The number of para-hydroxylation sites is 2. The molecule has 34 heavy (non-hydrogen) atoms. The Morgan fingerprint density at radius 2 is 1.56 bits per heavy atom. The van der Waals surface area contributed by atoms with Gasteiger partial charge in [0.25, 0.3) is 0 Å². The van der Waals surface area contributed by atoms with E-state index in [9.17, 15) is 14.4 Å². The molecular formula is C27H21N3O4. The summed E-state index contributed by atoms with van der Waals surface area (Å²) >= 11 is 0. The third-order valence-corrected chi connectivity index (χ3v) is 7.87. The monoisotopic (exact) mass is 451 g/mol. The number of fused-ring (bicyclic) bond motifs is 1. The number of aromatic nitrogens is 2. The molecule has 2 aromatic carbocycles. The van der Waals surface area contributed by atoms with Crippen LogP contribution in [0.4, 0.5) is 0 Å². The minimum atomic E-state index is -0.621. The number of allylic oxidation sites excluding steroid dienone is 2. The predicted octanol–water partition coefficient (Wildman–Crippen LogP) is 3.26. The van der Waals surface area contributed by atoms with E-state index >= 15 is 0 Å². The molecule has 1 aromatic heterocycles. The zero-order chi connectivity index (χ0) is 23.0. The van der Waals surface area contributed by atoms with Gasteiger partial charge in [0.1, 0.15) is 12.3 Å². The highest BCUT2D eigenvalue weighted by molar-refractivity contribution is 6.08. The van der Waals surface area contributed by atoms with Gasteiger partial charge in [-0.3, -0.25) is 19.5 Å². The van der Waals surface area contributed by atoms with Crippen LogP contribution < -0.4 is 4.74 Å². The van der Waals surface area contributed by atoms with E-state index in [0.717, 1.165) is 27.9 Å². The number of imide groups is 1. The second-order valence-corrected chi connectivity index (χ2v) is 9.66. The summed E-state index contributed by atoms with van der Waals surface area (Å²) < 4.78 is 5.45. The molecular weight excluding hydrogens is 430 g/mol. The normalized spacial score (nSPS) is 30.4. The summed E-state index contributed by atoms with van der Waals surface area (Å²) in [7, 11) is 0. The fourth-order valence-electron chi connectivity index (χ4n) is 6.26. The van der Waals surface area contributed by atoms with Gasteiger partial charge in [-0.1, -0.05) is 24.3 Å². The minimum Gasteiger partial charge on any atom is -0.425 e. The van der Waals surface area contributed by atoms with Gasteiger partial charge in [-0.2, -0.15) is 0 Å². The van der Waals surface area contributed by atoms with Gasteiger partial charge in [-0.05, 0) is 66.5 Å². The zero-order valence-corrected chi connectivity index (χ0v) is 18.2. The van der Waals surface area contributed by atoms with E-state index in [2.05, 4.69) is 22.1 Å². The Morgan fingerprint density at radius 1 is 0.912 bits per heavy atom. The minimum absolute atomic E-state index is 0.142. The van der Waals surface area contributed by atoms with Crippen molar-refractivity contribution in [2.24, 2.45) is 35.5 Å². The average Bonchev–Trinajstić information content (AvgIpc) is 3.65. The molecule has 0 N–H and O–H groups in total. The van der Waals surface area contributed by atoms with Crippen molar-refractivity contribution in [3.05, 3.63) is 66.9 Å². The Morgan fingerprint density at radius 3 is 2.24 bits per heavy atom. The molecule has 4 aliphatic carbocycles. The van der Waals surface area contributed by atoms with Crippen LogP contribution in [-0.2, 0) is 14.4 Å². The third-order valence-electron chi connectivity index (χ3n) is 7.87. The first-order chi connectivity index (χ1) is 16.6. The number of carbonyl (C=O) groups is 3. The van der Waals surface area contributed by atoms with Gasteiger partial charge in [0.05, 0.1) is 34.8 Å². The number of likely N-dealkylation sites (tertiary alicyclic amines) is 1. The molecule has 5 aliphatic rings. The molecule has 8 rings (SSSR count). The highest BCUT2D eigenvalue weighted by atomic mass is 16.5. The maximum absolute atomic E-state index is 13.0. The van der Waals surface area contributed by atoms with E-state index in [1.165, 1.54) is 0 Å². The lowest BCUT2D eigenvalue weighted by molar-refractivity contribution is -0.148. The number of nitrogens with zero attached hydrogens (tertiary/aromatic N) is 3. The van der Waals surface area contributed by atoms with Crippen LogP contribution in [0.15, 0.2) is 66.9 Å². The smallest absolute Gasteiger partial charge is 0.331 e. The number of carbonyl (C=O) groups excluding carboxylic acids is 3. The van der Waals surface area contributed by atoms with Crippen molar-refractivity contribution in [3.8, 4) is 17.0 Å². The lowest BCUT2D eigenvalue weighted by atomic mass is 9.63. The van der Waals surface area contributed by atoms with E-state index in [-0.39, 0.29) is 42.0 Å². The summed E-state index contributed by atoms with van der Waals surface area (Å²) in [4.78, 5) is 48.9. The number of hydrogen-bond acceptors (Lipinski definition) is 6. The van der Waals surface area contributed by atoms with E-state index < -0.39 is 5.97 Å². The lowest BCUT2D eigenvalue weighted by Crippen LogP contribution is -2.40. The molecule has 0 spiro atoms. The third kappa shape index (κ3) is 2.86. The molecule has 0 radical (unpaired) electrons.